The maximum atomic E-state index is 13.6. The summed E-state index contributed by atoms with van der Waals surface area (Å²) >= 11 is 6.31. The third kappa shape index (κ3) is 3.33. The number of carboxylic acid groups (broad SMARTS) is 1. The Kier molecular flexibility index (Phi) is 4.21. The fourth-order valence-electron chi connectivity index (χ4n) is 1.43. The normalized spacial score (nSPS) is 10.3. The molecule has 0 aliphatic heterocycles. The Hall–Kier alpha value is -1.40. The van der Waals surface area contributed by atoms with Crippen molar-refractivity contribution in [3.05, 3.63) is 56.7 Å². The van der Waals surface area contributed by atoms with Crippen molar-refractivity contribution in [2.45, 2.75) is 0 Å². The lowest BCUT2D eigenvalue weighted by molar-refractivity contribution is 0.0694. The van der Waals surface area contributed by atoms with Gasteiger partial charge in [-0.15, -0.1) is 0 Å². The molecule has 98 valence electrons. The van der Waals surface area contributed by atoms with E-state index in [9.17, 15) is 9.18 Å². The Bertz CT molecular complexity index is 644. The summed E-state index contributed by atoms with van der Waals surface area (Å²) in [6.45, 7) is 0. The summed E-state index contributed by atoms with van der Waals surface area (Å²) in [5, 5.41) is 9.08. The molecule has 0 radical (unpaired) electrons. The van der Waals surface area contributed by atoms with E-state index in [4.69, 9.17) is 9.84 Å². The highest BCUT2D eigenvalue weighted by molar-refractivity contribution is 9.10. The van der Waals surface area contributed by atoms with Gasteiger partial charge in [0, 0.05) is 8.95 Å². The number of carbonyl (C=O) groups is 1. The zero-order chi connectivity index (χ0) is 14.0. The lowest BCUT2D eigenvalue weighted by atomic mass is 10.2. The summed E-state index contributed by atoms with van der Waals surface area (Å²) in [5.74, 6) is -1.67. The molecule has 0 aliphatic rings. The van der Waals surface area contributed by atoms with E-state index in [1.54, 1.807) is 12.1 Å². The van der Waals surface area contributed by atoms with Gasteiger partial charge in [0.15, 0.2) is 11.6 Å². The SMILES string of the molecule is O=C(O)c1cc(Br)ccc1Oc1ccc(Br)cc1F. The number of aromatic carboxylic acids is 1. The second kappa shape index (κ2) is 5.71. The highest BCUT2D eigenvalue weighted by Crippen LogP contribution is 2.30. The molecule has 1 N–H and O–H groups in total. The van der Waals surface area contributed by atoms with Crippen molar-refractivity contribution in [3.63, 3.8) is 0 Å². The molecule has 0 amide bonds. The van der Waals surface area contributed by atoms with Gasteiger partial charge >= 0.3 is 5.97 Å². The van der Waals surface area contributed by atoms with Crippen molar-refractivity contribution in [3.8, 4) is 11.5 Å². The van der Waals surface area contributed by atoms with Gasteiger partial charge in [-0.3, -0.25) is 0 Å². The quantitative estimate of drug-likeness (QED) is 0.816. The van der Waals surface area contributed by atoms with Gasteiger partial charge in [-0.1, -0.05) is 31.9 Å². The van der Waals surface area contributed by atoms with Crippen LogP contribution in [0.2, 0.25) is 0 Å². The summed E-state index contributed by atoms with van der Waals surface area (Å²) in [7, 11) is 0. The number of hydrogen-bond donors (Lipinski definition) is 1. The molecule has 19 heavy (non-hydrogen) atoms. The van der Waals surface area contributed by atoms with Crippen molar-refractivity contribution >= 4 is 37.8 Å². The van der Waals surface area contributed by atoms with Gasteiger partial charge in [-0.25, -0.2) is 9.18 Å². The molecular weight excluding hydrogens is 383 g/mol. The standard InChI is InChI=1S/C13H7Br2FO3/c14-7-1-3-11(9(5-7)13(17)18)19-12-4-2-8(15)6-10(12)16/h1-6H,(H,17,18). The second-order valence-electron chi connectivity index (χ2n) is 3.62. The van der Waals surface area contributed by atoms with Gasteiger partial charge < -0.3 is 9.84 Å². The highest BCUT2D eigenvalue weighted by atomic mass is 79.9. The molecule has 0 aromatic heterocycles. The van der Waals surface area contributed by atoms with Gasteiger partial charge in [0.2, 0.25) is 0 Å². The lowest BCUT2D eigenvalue weighted by Crippen LogP contribution is -2.00. The Morgan fingerprint density at radius 3 is 2.21 bits per heavy atom. The topological polar surface area (TPSA) is 46.5 Å². The molecule has 0 saturated carbocycles. The fourth-order valence-corrected chi connectivity index (χ4v) is 2.13. The average Bonchev–Trinajstić information content (AvgIpc) is 2.34. The first-order valence-corrected chi connectivity index (χ1v) is 6.71. The fraction of sp³-hybridized carbons (Fsp3) is 0. The van der Waals surface area contributed by atoms with Gasteiger partial charge in [-0.05, 0) is 36.4 Å². The van der Waals surface area contributed by atoms with E-state index in [2.05, 4.69) is 31.9 Å². The van der Waals surface area contributed by atoms with Crippen LogP contribution in [0.3, 0.4) is 0 Å². The molecule has 2 aromatic rings. The Balaban J connectivity index is 2.40. The number of halogens is 3. The zero-order valence-electron chi connectivity index (χ0n) is 9.36. The van der Waals surface area contributed by atoms with Gasteiger partial charge in [0.05, 0.1) is 0 Å². The molecule has 0 spiro atoms. The molecule has 2 aromatic carbocycles. The molecule has 0 saturated heterocycles. The van der Waals surface area contributed by atoms with Crippen LogP contribution in [-0.2, 0) is 0 Å². The number of rotatable bonds is 3. The summed E-state index contributed by atoms with van der Waals surface area (Å²) in [4.78, 5) is 11.1. The second-order valence-corrected chi connectivity index (χ2v) is 5.45. The molecule has 0 atom stereocenters. The lowest BCUT2D eigenvalue weighted by Gasteiger charge is -2.10. The van der Waals surface area contributed by atoms with Crippen molar-refractivity contribution in [1.82, 2.24) is 0 Å². The molecule has 0 unspecified atom stereocenters. The minimum absolute atomic E-state index is 0.0342. The first-order chi connectivity index (χ1) is 8.97. The van der Waals surface area contributed by atoms with Gasteiger partial charge in [0.1, 0.15) is 11.3 Å². The maximum Gasteiger partial charge on any atom is 0.339 e. The molecular formula is C13H7Br2FO3. The highest BCUT2D eigenvalue weighted by Gasteiger charge is 2.14. The van der Waals surface area contributed by atoms with Crippen LogP contribution >= 0.6 is 31.9 Å². The Morgan fingerprint density at radius 1 is 1.05 bits per heavy atom. The van der Waals surface area contributed by atoms with Crippen LogP contribution in [0.15, 0.2) is 45.3 Å². The molecule has 0 bridgehead atoms. The Morgan fingerprint density at radius 2 is 1.63 bits per heavy atom. The molecule has 0 fully saturated rings. The van der Waals surface area contributed by atoms with Crippen LogP contribution in [-0.4, -0.2) is 11.1 Å². The van der Waals surface area contributed by atoms with Crippen molar-refractivity contribution < 1.29 is 19.0 Å². The molecule has 2 rings (SSSR count). The van der Waals surface area contributed by atoms with E-state index < -0.39 is 11.8 Å². The van der Waals surface area contributed by atoms with Gasteiger partial charge in [0.25, 0.3) is 0 Å². The van der Waals surface area contributed by atoms with E-state index in [0.717, 1.165) is 0 Å². The van der Waals surface area contributed by atoms with Crippen molar-refractivity contribution in [2.24, 2.45) is 0 Å². The minimum Gasteiger partial charge on any atom is -0.478 e. The van der Waals surface area contributed by atoms with E-state index >= 15 is 0 Å². The van der Waals surface area contributed by atoms with Gasteiger partial charge in [-0.2, -0.15) is 0 Å². The minimum atomic E-state index is -1.14. The summed E-state index contributed by atoms with van der Waals surface area (Å²) < 4.78 is 20.1. The molecule has 6 heteroatoms. The molecule has 0 heterocycles. The van der Waals surface area contributed by atoms with Crippen LogP contribution in [0.5, 0.6) is 11.5 Å². The number of benzene rings is 2. The van der Waals surface area contributed by atoms with Crippen LogP contribution in [0.25, 0.3) is 0 Å². The van der Waals surface area contributed by atoms with Crippen LogP contribution in [0, 0.1) is 5.82 Å². The van der Waals surface area contributed by atoms with E-state index in [1.165, 1.54) is 24.3 Å². The smallest absolute Gasteiger partial charge is 0.339 e. The number of ether oxygens (including phenoxy) is 1. The predicted molar refractivity (Wildman–Crippen MR) is 75.3 cm³/mol. The third-order valence-corrected chi connectivity index (χ3v) is 3.27. The molecule has 0 aliphatic carbocycles. The number of carboxylic acids is 1. The Labute approximate surface area is 125 Å². The summed E-state index contributed by atoms with van der Waals surface area (Å²) in [5.41, 5.74) is -0.0447. The van der Waals surface area contributed by atoms with Crippen LogP contribution < -0.4 is 4.74 Å². The monoisotopic (exact) mass is 388 g/mol. The molecule has 3 nitrogen and oxygen atoms in total. The predicted octanol–water partition coefficient (Wildman–Crippen LogP) is 4.84. The first-order valence-electron chi connectivity index (χ1n) is 5.13. The summed E-state index contributed by atoms with van der Waals surface area (Å²) in [6.07, 6.45) is 0. The van der Waals surface area contributed by atoms with Crippen LogP contribution in [0.4, 0.5) is 4.39 Å². The zero-order valence-corrected chi connectivity index (χ0v) is 12.5. The van der Waals surface area contributed by atoms with Crippen molar-refractivity contribution in [1.29, 1.82) is 0 Å². The largest absolute Gasteiger partial charge is 0.478 e. The van der Waals surface area contributed by atoms with Crippen molar-refractivity contribution in [2.75, 3.05) is 0 Å². The first kappa shape index (κ1) is 14.0. The average molecular weight is 390 g/mol. The number of hydrogen-bond acceptors (Lipinski definition) is 2. The van der Waals surface area contributed by atoms with E-state index in [0.29, 0.717) is 8.95 Å². The van der Waals surface area contributed by atoms with E-state index in [-0.39, 0.29) is 17.1 Å². The third-order valence-electron chi connectivity index (χ3n) is 2.29. The maximum absolute atomic E-state index is 13.6. The van der Waals surface area contributed by atoms with Crippen LogP contribution in [0.1, 0.15) is 10.4 Å². The summed E-state index contributed by atoms with van der Waals surface area (Å²) in [6, 6.07) is 8.77. The van der Waals surface area contributed by atoms with E-state index in [1.807, 2.05) is 0 Å².